The minimum atomic E-state index is -1.31. The molecule has 1 saturated carbocycles. The Morgan fingerprint density at radius 1 is 1.56 bits per heavy atom. The number of carbonyl (C=O) groups is 2. The van der Waals surface area contributed by atoms with Gasteiger partial charge in [0.2, 0.25) is 0 Å². The molecule has 0 radical (unpaired) electrons. The normalized spacial score (nSPS) is 16.3. The van der Waals surface area contributed by atoms with Gasteiger partial charge in [-0.3, -0.25) is 4.79 Å². The molecule has 18 heavy (non-hydrogen) atoms. The van der Waals surface area contributed by atoms with Crippen LogP contribution in [0.25, 0.3) is 0 Å². The van der Waals surface area contributed by atoms with E-state index in [-0.39, 0.29) is 6.04 Å². The van der Waals surface area contributed by atoms with Crippen molar-refractivity contribution in [3.63, 3.8) is 0 Å². The number of hydrogen-bond acceptors (Lipinski definition) is 3. The molecule has 1 amide bonds. The fraction of sp³-hybridized carbons (Fsp3) is 0.455. The van der Waals surface area contributed by atoms with Crippen LogP contribution in [0.4, 0.5) is 0 Å². The number of nitrogens with zero attached hydrogens (tertiary/aromatic N) is 1. The van der Waals surface area contributed by atoms with E-state index in [1.54, 1.807) is 10.8 Å². The van der Waals surface area contributed by atoms with E-state index in [1.807, 2.05) is 0 Å². The third-order valence-electron chi connectivity index (χ3n) is 2.77. The zero-order valence-electron chi connectivity index (χ0n) is 9.47. The van der Waals surface area contributed by atoms with Crippen molar-refractivity contribution in [3.05, 3.63) is 23.0 Å². The molecule has 2 rings (SSSR count). The summed E-state index contributed by atoms with van der Waals surface area (Å²) in [7, 11) is 0. The lowest BCUT2D eigenvalue weighted by Gasteiger charge is -2.13. The summed E-state index contributed by atoms with van der Waals surface area (Å²) in [6.07, 6.45) is 3.62. The van der Waals surface area contributed by atoms with Crippen LogP contribution in [0.5, 0.6) is 0 Å². The molecule has 1 aliphatic rings. The number of aromatic nitrogens is 1. The average molecular weight is 273 g/mol. The highest BCUT2D eigenvalue weighted by atomic mass is 35.5. The first kappa shape index (κ1) is 12.9. The van der Waals surface area contributed by atoms with Crippen molar-refractivity contribution >= 4 is 23.5 Å². The number of aliphatic hydroxyl groups excluding tert-OH is 1. The molecular weight excluding hydrogens is 260 g/mol. The molecule has 0 saturated heterocycles. The summed E-state index contributed by atoms with van der Waals surface area (Å²) >= 11 is 5.85. The summed E-state index contributed by atoms with van der Waals surface area (Å²) in [4.78, 5) is 22.6. The largest absolute Gasteiger partial charge is 0.480 e. The maximum Gasteiger partial charge on any atom is 0.328 e. The van der Waals surface area contributed by atoms with Gasteiger partial charge in [-0.2, -0.15) is 0 Å². The number of aliphatic carboxylic acids is 1. The predicted octanol–water partition coefficient (Wildman–Crippen LogP) is 0.652. The van der Waals surface area contributed by atoms with Crippen LogP contribution in [-0.2, 0) is 4.79 Å². The molecule has 0 aliphatic heterocycles. The van der Waals surface area contributed by atoms with Gasteiger partial charge in [-0.1, -0.05) is 11.6 Å². The summed E-state index contributed by atoms with van der Waals surface area (Å²) in [6.45, 7) is -0.654. The first-order chi connectivity index (χ1) is 8.52. The van der Waals surface area contributed by atoms with Gasteiger partial charge in [0.25, 0.3) is 5.91 Å². The van der Waals surface area contributed by atoms with Gasteiger partial charge >= 0.3 is 5.97 Å². The van der Waals surface area contributed by atoms with E-state index in [4.69, 9.17) is 21.8 Å². The Labute approximate surface area is 108 Å². The fourth-order valence-electron chi connectivity index (χ4n) is 1.70. The molecule has 0 bridgehead atoms. The van der Waals surface area contributed by atoms with Gasteiger partial charge in [0.1, 0.15) is 5.69 Å². The molecule has 0 aromatic carbocycles. The molecular formula is C11H13ClN2O4. The van der Waals surface area contributed by atoms with E-state index in [2.05, 4.69) is 5.32 Å². The van der Waals surface area contributed by atoms with Gasteiger partial charge in [-0.25, -0.2) is 4.79 Å². The second-order valence-electron chi connectivity index (χ2n) is 4.23. The quantitative estimate of drug-likeness (QED) is 0.734. The monoisotopic (exact) mass is 272 g/mol. The van der Waals surface area contributed by atoms with Crippen LogP contribution in [0, 0.1) is 0 Å². The predicted molar refractivity (Wildman–Crippen MR) is 63.7 cm³/mol. The molecule has 1 aliphatic carbocycles. The van der Waals surface area contributed by atoms with Crippen LogP contribution in [0.15, 0.2) is 12.3 Å². The maximum absolute atomic E-state index is 11.9. The zero-order valence-corrected chi connectivity index (χ0v) is 10.2. The van der Waals surface area contributed by atoms with Crippen LogP contribution in [0.2, 0.25) is 5.02 Å². The molecule has 6 nitrogen and oxygen atoms in total. The molecule has 3 N–H and O–H groups in total. The Morgan fingerprint density at radius 2 is 2.22 bits per heavy atom. The first-order valence-corrected chi connectivity index (χ1v) is 5.92. The number of carbonyl (C=O) groups excluding carboxylic acids is 1. The molecule has 7 heteroatoms. The fourth-order valence-corrected chi connectivity index (χ4v) is 1.91. The second-order valence-corrected chi connectivity index (χ2v) is 4.67. The van der Waals surface area contributed by atoms with Crippen molar-refractivity contribution < 1.29 is 19.8 Å². The van der Waals surface area contributed by atoms with Crippen LogP contribution >= 0.6 is 11.6 Å². The standard InChI is InChI=1S/C11H13ClN2O4/c12-6-3-9(14(4-6)7-1-2-7)10(16)13-8(5-15)11(17)18/h3-4,7-8,15H,1-2,5H2,(H,13,16)(H,17,18)/t8-/m0/s1. The molecule has 1 atom stereocenters. The smallest absolute Gasteiger partial charge is 0.328 e. The van der Waals surface area contributed by atoms with Crippen molar-refractivity contribution in [2.75, 3.05) is 6.61 Å². The number of amides is 1. The van der Waals surface area contributed by atoms with Crippen molar-refractivity contribution in [1.29, 1.82) is 0 Å². The van der Waals surface area contributed by atoms with Crippen molar-refractivity contribution in [1.82, 2.24) is 9.88 Å². The molecule has 1 heterocycles. The minimum absolute atomic E-state index is 0.260. The Bertz CT molecular complexity index is 481. The Balaban J connectivity index is 2.15. The van der Waals surface area contributed by atoms with Crippen LogP contribution < -0.4 is 5.32 Å². The lowest BCUT2D eigenvalue weighted by Crippen LogP contribution is -2.43. The van der Waals surface area contributed by atoms with E-state index in [1.165, 1.54) is 6.07 Å². The molecule has 1 aromatic heterocycles. The summed E-state index contributed by atoms with van der Waals surface area (Å²) in [6, 6.07) is 0.445. The second kappa shape index (κ2) is 4.99. The number of rotatable bonds is 5. The van der Waals surface area contributed by atoms with Crippen molar-refractivity contribution in [3.8, 4) is 0 Å². The van der Waals surface area contributed by atoms with E-state index in [0.29, 0.717) is 10.7 Å². The van der Waals surface area contributed by atoms with E-state index in [9.17, 15) is 9.59 Å². The van der Waals surface area contributed by atoms with Crippen LogP contribution in [0.3, 0.4) is 0 Å². The van der Waals surface area contributed by atoms with Gasteiger partial charge in [0, 0.05) is 12.2 Å². The van der Waals surface area contributed by atoms with E-state index in [0.717, 1.165) is 12.8 Å². The highest BCUT2D eigenvalue weighted by molar-refractivity contribution is 6.31. The van der Waals surface area contributed by atoms with Gasteiger partial charge < -0.3 is 20.1 Å². The van der Waals surface area contributed by atoms with Gasteiger partial charge in [-0.15, -0.1) is 0 Å². The number of carboxylic acid groups (broad SMARTS) is 1. The number of nitrogens with one attached hydrogen (secondary N) is 1. The van der Waals surface area contributed by atoms with Gasteiger partial charge in [-0.05, 0) is 18.9 Å². The number of halogens is 1. The van der Waals surface area contributed by atoms with Crippen LogP contribution in [-0.4, -0.2) is 39.3 Å². The van der Waals surface area contributed by atoms with E-state index < -0.39 is 24.5 Å². The third-order valence-corrected chi connectivity index (χ3v) is 2.98. The lowest BCUT2D eigenvalue weighted by atomic mass is 10.3. The summed E-state index contributed by atoms with van der Waals surface area (Å²) < 4.78 is 1.74. The summed E-state index contributed by atoms with van der Waals surface area (Å²) in [5, 5.41) is 20.3. The van der Waals surface area contributed by atoms with Crippen molar-refractivity contribution in [2.45, 2.75) is 24.9 Å². The minimum Gasteiger partial charge on any atom is -0.480 e. The lowest BCUT2D eigenvalue weighted by molar-refractivity contribution is -0.140. The molecule has 1 fully saturated rings. The molecule has 1 aromatic rings. The molecule has 98 valence electrons. The first-order valence-electron chi connectivity index (χ1n) is 5.55. The molecule has 0 spiro atoms. The van der Waals surface area contributed by atoms with E-state index >= 15 is 0 Å². The van der Waals surface area contributed by atoms with Gasteiger partial charge in [0.15, 0.2) is 6.04 Å². The highest BCUT2D eigenvalue weighted by Gasteiger charge is 2.29. The SMILES string of the molecule is O=C(N[C@@H](CO)C(=O)O)c1cc(Cl)cn1C1CC1. The summed E-state index contributed by atoms with van der Waals surface area (Å²) in [5.41, 5.74) is 0.321. The number of aliphatic hydroxyl groups is 1. The van der Waals surface area contributed by atoms with Crippen LogP contribution in [0.1, 0.15) is 29.4 Å². The maximum atomic E-state index is 11.9. The topological polar surface area (TPSA) is 91.6 Å². The summed E-state index contributed by atoms with van der Waals surface area (Å²) in [5.74, 6) is -1.82. The number of carboxylic acids is 1. The van der Waals surface area contributed by atoms with Crippen molar-refractivity contribution in [2.24, 2.45) is 0 Å². The van der Waals surface area contributed by atoms with Gasteiger partial charge in [0.05, 0.1) is 11.6 Å². The highest BCUT2D eigenvalue weighted by Crippen LogP contribution is 2.37. The number of hydrogen-bond donors (Lipinski definition) is 3. The Morgan fingerprint density at radius 3 is 2.72 bits per heavy atom. The average Bonchev–Trinajstić information content (AvgIpc) is 3.08. The Hall–Kier alpha value is -1.53. The third kappa shape index (κ3) is 2.65. The zero-order chi connectivity index (χ0) is 13.3. The Kier molecular flexibility index (Phi) is 3.58. The molecule has 0 unspecified atom stereocenters.